The second-order valence-electron chi connectivity index (χ2n) is 7.51. The Kier molecular flexibility index (Phi) is 7.68. The van der Waals surface area contributed by atoms with Crippen molar-refractivity contribution in [3.63, 3.8) is 0 Å². The summed E-state index contributed by atoms with van der Waals surface area (Å²) in [6.45, 7) is 0.266. The molecule has 0 saturated carbocycles. The first-order chi connectivity index (χ1) is 15.3. The van der Waals surface area contributed by atoms with Crippen molar-refractivity contribution in [2.24, 2.45) is 0 Å². The van der Waals surface area contributed by atoms with Crippen LogP contribution in [-0.2, 0) is 9.59 Å². The summed E-state index contributed by atoms with van der Waals surface area (Å²) in [6, 6.07) is 12.1. The summed E-state index contributed by atoms with van der Waals surface area (Å²) in [5.74, 6) is -0.494. The fraction of sp³-hybridized carbons (Fsp3) is 0.318. The number of anilines is 3. The summed E-state index contributed by atoms with van der Waals surface area (Å²) in [5.41, 5.74) is 1.74. The van der Waals surface area contributed by atoms with Crippen molar-refractivity contribution in [1.82, 2.24) is 10.2 Å². The average molecular weight is 460 g/mol. The first-order valence-electron chi connectivity index (χ1n) is 10.1. The molecule has 9 nitrogen and oxygen atoms in total. The lowest BCUT2D eigenvalue weighted by atomic mass is 10.1. The second-order valence-corrected chi connectivity index (χ2v) is 7.95. The number of carbonyl (C=O) groups excluding carboxylic acids is 3. The van der Waals surface area contributed by atoms with E-state index < -0.39 is 24.1 Å². The topological polar surface area (TPSA) is 114 Å². The third-order valence-corrected chi connectivity index (χ3v) is 5.41. The number of hydrogen-bond acceptors (Lipinski definition) is 5. The van der Waals surface area contributed by atoms with Crippen LogP contribution in [0.2, 0.25) is 5.02 Å². The molecule has 0 radical (unpaired) electrons. The number of halogens is 1. The molecule has 2 aromatic rings. The number of urea groups is 1. The van der Waals surface area contributed by atoms with Crippen molar-refractivity contribution >= 4 is 46.5 Å². The van der Waals surface area contributed by atoms with Crippen LogP contribution in [0.1, 0.15) is 6.42 Å². The molecule has 3 rings (SSSR count). The van der Waals surface area contributed by atoms with Gasteiger partial charge in [0.05, 0.1) is 12.6 Å². The normalized spacial score (nSPS) is 17.7. The smallest absolute Gasteiger partial charge is 0.322 e. The standard InChI is InChI=1S/C22H26ClN5O4/c1-24-12-20(30)27(2)17-9-7-15(8-10-17)25-21(31)19-11-18(29)13-28(19)22(32)26-16-5-3-14(23)4-6-16/h3-10,18-19,24,29H,11-13H2,1-2H3,(H,25,31)(H,26,32)/t18-,19-/m1/s1. The van der Waals surface area contributed by atoms with Gasteiger partial charge in [-0.25, -0.2) is 4.79 Å². The van der Waals surface area contributed by atoms with E-state index >= 15 is 0 Å². The monoisotopic (exact) mass is 459 g/mol. The van der Waals surface area contributed by atoms with Crippen LogP contribution in [0.3, 0.4) is 0 Å². The molecule has 0 spiro atoms. The second kappa shape index (κ2) is 10.4. The Morgan fingerprint density at radius 2 is 1.66 bits per heavy atom. The zero-order valence-electron chi connectivity index (χ0n) is 17.8. The fourth-order valence-electron chi connectivity index (χ4n) is 3.42. The van der Waals surface area contributed by atoms with E-state index in [0.29, 0.717) is 22.1 Å². The quantitative estimate of drug-likeness (QED) is 0.528. The van der Waals surface area contributed by atoms with Gasteiger partial charge in [-0.3, -0.25) is 9.59 Å². The highest BCUT2D eigenvalue weighted by Gasteiger charge is 2.39. The zero-order valence-corrected chi connectivity index (χ0v) is 18.6. The van der Waals surface area contributed by atoms with Gasteiger partial charge in [0.2, 0.25) is 11.8 Å². The Bertz CT molecular complexity index is 967. The van der Waals surface area contributed by atoms with E-state index in [2.05, 4.69) is 16.0 Å². The van der Waals surface area contributed by atoms with E-state index in [9.17, 15) is 19.5 Å². The number of benzene rings is 2. The van der Waals surface area contributed by atoms with Crippen molar-refractivity contribution in [1.29, 1.82) is 0 Å². The van der Waals surface area contributed by atoms with Gasteiger partial charge in [-0.2, -0.15) is 0 Å². The number of likely N-dealkylation sites (tertiary alicyclic amines) is 1. The molecule has 2 aromatic carbocycles. The van der Waals surface area contributed by atoms with E-state index in [-0.39, 0.29) is 25.4 Å². The molecule has 10 heteroatoms. The number of likely N-dealkylation sites (N-methyl/N-ethyl adjacent to an activating group) is 2. The minimum atomic E-state index is -0.822. The van der Waals surface area contributed by atoms with Crippen molar-refractivity contribution in [3.05, 3.63) is 53.6 Å². The van der Waals surface area contributed by atoms with Gasteiger partial charge in [0.1, 0.15) is 6.04 Å². The molecule has 4 N–H and O–H groups in total. The molecular weight excluding hydrogens is 434 g/mol. The number of carbonyl (C=O) groups is 3. The number of nitrogens with zero attached hydrogens (tertiary/aromatic N) is 2. The van der Waals surface area contributed by atoms with Crippen LogP contribution in [0.5, 0.6) is 0 Å². The van der Waals surface area contributed by atoms with Crippen molar-refractivity contribution in [2.75, 3.05) is 42.7 Å². The van der Waals surface area contributed by atoms with Gasteiger partial charge in [-0.15, -0.1) is 0 Å². The highest BCUT2D eigenvalue weighted by Crippen LogP contribution is 2.23. The van der Waals surface area contributed by atoms with Crippen LogP contribution in [-0.4, -0.2) is 67.2 Å². The minimum Gasteiger partial charge on any atom is -0.391 e. The van der Waals surface area contributed by atoms with Crippen LogP contribution >= 0.6 is 11.6 Å². The molecule has 1 saturated heterocycles. The van der Waals surface area contributed by atoms with Gasteiger partial charge in [-0.1, -0.05) is 11.6 Å². The van der Waals surface area contributed by atoms with Crippen LogP contribution in [0.25, 0.3) is 0 Å². The third kappa shape index (κ3) is 5.76. The molecule has 1 aliphatic heterocycles. The summed E-state index contributed by atoms with van der Waals surface area (Å²) < 4.78 is 0. The summed E-state index contributed by atoms with van der Waals surface area (Å²) >= 11 is 5.86. The molecule has 4 amide bonds. The maximum atomic E-state index is 12.9. The highest BCUT2D eigenvalue weighted by atomic mass is 35.5. The number of nitrogens with one attached hydrogen (secondary N) is 3. The lowest BCUT2D eigenvalue weighted by molar-refractivity contribution is -0.119. The molecule has 170 valence electrons. The largest absolute Gasteiger partial charge is 0.391 e. The number of hydrogen-bond donors (Lipinski definition) is 4. The predicted molar refractivity (Wildman–Crippen MR) is 124 cm³/mol. The fourth-order valence-corrected chi connectivity index (χ4v) is 3.55. The van der Waals surface area contributed by atoms with E-state index in [1.807, 2.05) is 0 Å². The maximum Gasteiger partial charge on any atom is 0.322 e. The van der Waals surface area contributed by atoms with Gasteiger partial charge in [0.15, 0.2) is 0 Å². The molecule has 32 heavy (non-hydrogen) atoms. The number of rotatable bonds is 6. The van der Waals surface area contributed by atoms with Gasteiger partial charge >= 0.3 is 6.03 Å². The molecule has 0 bridgehead atoms. The number of aliphatic hydroxyl groups excluding tert-OH is 1. The van der Waals surface area contributed by atoms with E-state index in [0.717, 1.165) is 0 Å². The molecule has 2 atom stereocenters. The minimum absolute atomic E-state index is 0.0504. The highest BCUT2D eigenvalue weighted by molar-refractivity contribution is 6.30. The Morgan fingerprint density at radius 3 is 2.28 bits per heavy atom. The van der Waals surface area contributed by atoms with Gasteiger partial charge in [0.25, 0.3) is 0 Å². The number of amides is 4. The van der Waals surface area contributed by atoms with Crippen LogP contribution in [0.4, 0.5) is 21.9 Å². The molecular formula is C22H26ClN5O4. The van der Waals surface area contributed by atoms with Gasteiger partial charge < -0.3 is 30.9 Å². The summed E-state index contributed by atoms with van der Waals surface area (Å²) in [5, 5.41) is 18.9. The zero-order chi connectivity index (χ0) is 23.3. The van der Waals surface area contributed by atoms with Crippen LogP contribution in [0, 0.1) is 0 Å². The lowest BCUT2D eigenvalue weighted by Crippen LogP contribution is -2.45. The van der Waals surface area contributed by atoms with Crippen molar-refractivity contribution in [3.8, 4) is 0 Å². The molecule has 0 aromatic heterocycles. The number of β-amino-alcohol motifs (C(OH)–C–C–N with tert-alkyl or cyclic N) is 1. The van der Waals surface area contributed by atoms with Crippen molar-refractivity contribution < 1.29 is 19.5 Å². The average Bonchev–Trinajstić information content (AvgIpc) is 3.17. The Morgan fingerprint density at radius 1 is 1.06 bits per heavy atom. The summed E-state index contributed by atoms with van der Waals surface area (Å²) in [4.78, 5) is 40.4. The van der Waals surface area contributed by atoms with Gasteiger partial charge in [-0.05, 0) is 55.6 Å². The molecule has 1 heterocycles. The summed E-state index contributed by atoms with van der Waals surface area (Å²) in [6.07, 6.45) is -0.657. The van der Waals surface area contributed by atoms with E-state index in [4.69, 9.17) is 11.6 Å². The number of aliphatic hydroxyl groups is 1. The molecule has 0 unspecified atom stereocenters. The SMILES string of the molecule is CNCC(=O)N(C)c1ccc(NC(=O)[C@H]2C[C@@H](O)CN2C(=O)Nc2ccc(Cl)cc2)cc1. The first kappa shape index (κ1) is 23.5. The summed E-state index contributed by atoms with van der Waals surface area (Å²) in [7, 11) is 3.37. The molecule has 0 aliphatic carbocycles. The Hall–Kier alpha value is -3.14. The Labute approximate surface area is 191 Å². The van der Waals surface area contributed by atoms with E-state index in [1.54, 1.807) is 62.6 Å². The van der Waals surface area contributed by atoms with E-state index in [1.165, 1.54) is 9.80 Å². The maximum absolute atomic E-state index is 12.9. The Balaban J connectivity index is 1.64. The predicted octanol–water partition coefficient (Wildman–Crippen LogP) is 2.13. The van der Waals surface area contributed by atoms with Crippen LogP contribution in [0.15, 0.2) is 48.5 Å². The van der Waals surface area contributed by atoms with Gasteiger partial charge in [0, 0.05) is 42.1 Å². The van der Waals surface area contributed by atoms with Crippen LogP contribution < -0.4 is 20.9 Å². The lowest BCUT2D eigenvalue weighted by Gasteiger charge is -2.24. The first-order valence-corrected chi connectivity index (χ1v) is 10.5. The molecule has 1 fully saturated rings. The molecule has 1 aliphatic rings. The van der Waals surface area contributed by atoms with Crippen molar-refractivity contribution in [2.45, 2.75) is 18.6 Å². The third-order valence-electron chi connectivity index (χ3n) is 5.16.